The van der Waals surface area contributed by atoms with Crippen LogP contribution >= 0.6 is 0 Å². The predicted molar refractivity (Wildman–Crippen MR) is 72.9 cm³/mol. The van der Waals surface area contributed by atoms with E-state index in [1.807, 2.05) is 48.9 Å². The molecule has 1 aromatic carbocycles. The Morgan fingerprint density at radius 2 is 2.11 bits per heavy atom. The van der Waals surface area contributed by atoms with Crippen LogP contribution in [-0.2, 0) is 0 Å². The van der Waals surface area contributed by atoms with Gasteiger partial charge in [-0.3, -0.25) is 0 Å². The van der Waals surface area contributed by atoms with Crippen molar-refractivity contribution in [1.29, 1.82) is 0 Å². The summed E-state index contributed by atoms with van der Waals surface area (Å²) in [6.07, 6.45) is 5.45. The van der Waals surface area contributed by atoms with Gasteiger partial charge in [0, 0.05) is 31.0 Å². The van der Waals surface area contributed by atoms with Crippen molar-refractivity contribution in [2.24, 2.45) is 5.41 Å². The van der Waals surface area contributed by atoms with Crippen LogP contribution in [0.2, 0.25) is 0 Å². The third kappa shape index (κ3) is 2.90. The van der Waals surface area contributed by atoms with Gasteiger partial charge in [0.2, 0.25) is 0 Å². The molecular formula is C14H19N3O. The molecule has 4 heteroatoms. The van der Waals surface area contributed by atoms with Crippen LogP contribution in [0.5, 0.6) is 0 Å². The number of aromatic nitrogens is 2. The number of benzene rings is 1. The van der Waals surface area contributed by atoms with Gasteiger partial charge in [0.15, 0.2) is 0 Å². The lowest BCUT2D eigenvalue weighted by Crippen LogP contribution is -2.27. The number of nitrogens with one attached hydrogen (secondary N) is 1. The number of hydrogen-bond donors (Lipinski definition) is 2. The molecule has 2 rings (SSSR count). The highest BCUT2D eigenvalue weighted by Gasteiger charge is 2.16. The maximum absolute atomic E-state index is 9.27. The zero-order chi connectivity index (χ0) is 13.0. The number of rotatable bonds is 5. The molecule has 2 N–H and O–H groups in total. The first-order valence-electron chi connectivity index (χ1n) is 6.04. The van der Waals surface area contributed by atoms with Crippen LogP contribution in [0.1, 0.15) is 13.8 Å². The van der Waals surface area contributed by atoms with Gasteiger partial charge in [-0.25, -0.2) is 4.98 Å². The summed E-state index contributed by atoms with van der Waals surface area (Å²) < 4.78 is 1.97. The Morgan fingerprint density at radius 3 is 2.78 bits per heavy atom. The van der Waals surface area contributed by atoms with Gasteiger partial charge in [0.05, 0.1) is 17.7 Å². The van der Waals surface area contributed by atoms with E-state index in [1.165, 1.54) is 0 Å². The van der Waals surface area contributed by atoms with Gasteiger partial charge in [0.25, 0.3) is 0 Å². The van der Waals surface area contributed by atoms with Crippen LogP contribution < -0.4 is 5.32 Å². The van der Waals surface area contributed by atoms with Crippen molar-refractivity contribution in [2.75, 3.05) is 18.5 Å². The largest absolute Gasteiger partial charge is 0.396 e. The van der Waals surface area contributed by atoms with Gasteiger partial charge in [-0.05, 0) is 12.1 Å². The molecule has 0 aliphatic rings. The highest BCUT2D eigenvalue weighted by molar-refractivity contribution is 5.61. The number of aliphatic hydroxyl groups is 1. The van der Waals surface area contributed by atoms with Gasteiger partial charge < -0.3 is 15.0 Å². The van der Waals surface area contributed by atoms with Crippen molar-refractivity contribution in [2.45, 2.75) is 13.8 Å². The average molecular weight is 245 g/mol. The first kappa shape index (κ1) is 12.6. The molecule has 2 aromatic rings. The summed E-state index contributed by atoms with van der Waals surface area (Å²) in [5, 5.41) is 12.7. The zero-order valence-corrected chi connectivity index (χ0v) is 10.8. The number of anilines is 1. The van der Waals surface area contributed by atoms with Crippen molar-refractivity contribution >= 4 is 5.69 Å². The van der Waals surface area contributed by atoms with Crippen LogP contribution in [0.25, 0.3) is 5.69 Å². The number of para-hydroxylation sites is 2. The molecule has 0 spiro atoms. The monoisotopic (exact) mass is 245 g/mol. The Bertz CT molecular complexity index is 492. The number of imidazole rings is 1. The molecule has 0 unspecified atom stereocenters. The molecule has 1 aromatic heterocycles. The molecule has 0 fully saturated rings. The van der Waals surface area contributed by atoms with Crippen molar-refractivity contribution < 1.29 is 5.11 Å². The first-order chi connectivity index (χ1) is 8.62. The second-order valence-electron chi connectivity index (χ2n) is 5.16. The molecule has 0 saturated heterocycles. The standard InChI is InChI=1S/C14H19N3O/c1-14(2,10-18)9-16-12-5-3-4-6-13(12)17-8-7-15-11-17/h3-8,11,16,18H,9-10H2,1-2H3. The van der Waals surface area contributed by atoms with E-state index in [-0.39, 0.29) is 12.0 Å². The normalized spacial score (nSPS) is 11.5. The highest BCUT2D eigenvalue weighted by Crippen LogP contribution is 2.22. The van der Waals surface area contributed by atoms with Crippen LogP contribution in [-0.4, -0.2) is 27.8 Å². The van der Waals surface area contributed by atoms with E-state index in [0.717, 1.165) is 17.9 Å². The summed E-state index contributed by atoms with van der Waals surface area (Å²) in [6, 6.07) is 8.06. The molecule has 0 radical (unpaired) electrons. The van der Waals surface area contributed by atoms with Crippen molar-refractivity contribution in [3.05, 3.63) is 43.0 Å². The maximum Gasteiger partial charge on any atom is 0.0992 e. The Hall–Kier alpha value is -1.81. The minimum absolute atomic E-state index is 0.137. The summed E-state index contributed by atoms with van der Waals surface area (Å²) in [4.78, 5) is 4.06. The average Bonchev–Trinajstić information content (AvgIpc) is 2.91. The Balaban J connectivity index is 2.19. The summed E-state index contributed by atoms with van der Waals surface area (Å²) in [5.74, 6) is 0. The Morgan fingerprint density at radius 1 is 1.33 bits per heavy atom. The fraction of sp³-hybridized carbons (Fsp3) is 0.357. The molecule has 0 aliphatic carbocycles. The minimum Gasteiger partial charge on any atom is -0.396 e. The fourth-order valence-electron chi connectivity index (χ4n) is 1.64. The highest BCUT2D eigenvalue weighted by atomic mass is 16.3. The third-order valence-corrected chi connectivity index (χ3v) is 2.87. The van der Waals surface area contributed by atoms with E-state index >= 15 is 0 Å². The van der Waals surface area contributed by atoms with Crippen molar-refractivity contribution in [3.8, 4) is 5.69 Å². The SMILES string of the molecule is CC(C)(CO)CNc1ccccc1-n1ccnc1. The van der Waals surface area contributed by atoms with Crippen LogP contribution in [0.4, 0.5) is 5.69 Å². The first-order valence-corrected chi connectivity index (χ1v) is 6.04. The van der Waals surface area contributed by atoms with E-state index in [0.29, 0.717) is 0 Å². The Labute approximate surface area is 107 Å². The minimum atomic E-state index is -0.137. The molecule has 0 saturated carbocycles. The van der Waals surface area contributed by atoms with E-state index in [9.17, 15) is 5.11 Å². The number of aliphatic hydroxyl groups excluding tert-OH is 1. The van der Waals surface area contributed by atoms with Gasteiger partial charge in [-0.1, -0.05) is 26.0 Å². The Kier molecular flexibility index (Phi) is 3.67. The topological polar surface area (TPSA) is 50.1 Å². The van der Waals surface area contributed by atoms with Gasteiger partial charge in [-0.2, -0.15) is 0 Å². The maximum atomic E-state index is 9.27. The second-order valence-corrected chi connectivity index (χ2v) is 5.16. The summed E-state index contributed by atoms with van der Waals surface area (Å²) >= 11 is 0. The predicted octanol–water partition coefficient (Wildman–Crippen LogP) is 2.30. The third-order valence-electron chi connectivity index (χ3n) is 2.87. The zero-order valence-electron chi connectivity index (χ0n) is 10.8. The van der Waals surface area contributed by atoms with Gasteiger partial charge >= 0.3 is 0 Å². The van der Waals surface area contributed by atoms with Crippen LogP contribution in [0.3, 0.4) is 0 Å². The summed E-state index contributed by atoms with van der Waals surface area (Å²) in [7, 11) is 0. The van der Waals surface area contributed by atoms with Crippen LogP contribution in [0, 0.1) is 5.41 Å². The molecule has 0 aliphatic heterocycles. The molecule has 0 bridgehead atoms. The second kappa shape index (κ2) is 5.23. The molecular weight excluding hydrogens is 226 g/mol. The summed E-state index contributed by atoms with van der Waals surface area (Å²) in [5.41, 5.74) is 1.96. The molecule has 96 valence electrons. The lowest BCUT2D eigenvalue weighted by atomic mass is 9.95. The van der Waals surface area contributed by atoms with E-state index < -0.39 is 0 Å². The van der Waals surface area contributed by atoms with Crippen molar-refractivity contribution in [1.82, 2.24) is 9.55 Å². The molecule has 4 nitrogen and oxygen atoms in total. The number of hydrogen-bond acceptors (Lipinski definition) is 3. The molecule has 0 amide bonds. The lowest BCUT2D eigenvalue weighted by molar-refractivity contribution is 0.171. The van der Waals surface area contributed by atoms with Gasteiger partial charge in [0.1, 0.15) is 0 Å². The van der Waals surface area contributed by atoms with E-state index in [2.05, 4.69) is 10.3 Å². The smallest absolute Gasteiger partial charge is 0.0992 e. The quantitative estimate of drug-likeness (QED) is 0.850. The lowest BCUT2D eigenvalue weighted by Gasteiger charge is -2.23. The van der Waals surface area contributed by atoms with Crippen molar-refractivity contribution in [3.63, 3.8) is 0 Å². The molecule has 18 heavy (non-hydrogen) atoms. The number of nitrogens with zero attached hydrogens (tertiary/aromatic N) is 2. The van der Waals surface area contributed by atoms with E-state index in [1.54, 1.807) is 12.5 Å². The van der Waals surface area contributed by atoms with Crippen LogP contribution in [0.15, 0.2) is 43.0 Å². The van der Waals surface area contributed by atoms with E-state index in [4.69, 9.17) is 0 Å². The molecule has 1 heterocycles. The van der Waals surface area contributed by atoms with Gasteiger partial charge in [-0.15, -0.1) is 0 Å². The molecule has 0 atom stereocenters. The fourth-order valence-corrected chi connectivity index (χ4v) is 1.64. The summed E-state index contributed by atoms with van der Waals surface area (Å²) in [6.45, 7) is 4.93.